The minimum absolute atomic E-state index is 0.0615. The van der Waals surface area contributed by atoms with E-state index in [9.17, 15) is 9.90 Å². The Morgan fingerprint density at radius 3 is 2.86 bits per heavy atom. The zero-order chi connectivity index (χ0) is 20.1. The fourth-order valence-electron chi connectivity index (χ4n) is 3.28. The second-order valence-electron chi connectivity index (χ2n) is 7.22. The van der Waals surface area contributed by atoms with Crippen molar-refractivity contribution in [3.05, 3.63) is 53.2 Å². The van der Waals surface area contributed by atoms with E-state index in [1.54, 1.807) is 0 Å². The highest BCUT2D eigenvalue weighted by molar-refractivity contribution is 5.90. The van der Waals surface area contributed by atoms with E-state index in [4.69, 9.17) is 10.5 Å². The van der Waals surface area contributed by atoms with Gasteiger partial charge >= 0.3 is 0 Å². The number of nitrogens with two attached hydrogens (primary N) is 1. The number of carbonyl (C=O) groups excluding carboxylic acids is 1. The van der Waals surface area contributed by atoms with Gasteiger partial charge in [-0.2, -0.15) is 0 Å². The topological polar surface area (TPSA) is 117 Å². The Hall–Kier alpha value is -2.64. The Bertz CT molecular complexity index is 931. The molecule has 0 radical (unpaired) electrons. The molecule has 1 aromatic carbocycles. The molecule has 7 nitrogen and oxygen atoms in total. The maximum atomic E-state index is 11.2. The SMILES string of the molecule is CCCCOCc1ccc2[nH]cc([C@H](O)CC(C)c3nc(C(N)=O)c[nH]3)c2c1. The molecule has 2 atom stereocenters. The van der Waals surface area contributed by atoms with Gasteiger partial charge in [-0.25, -0.2) is 4.98 Å². The van der Waals surface area contributed by atoms with Crippen LogP contribution in [0, 0.1) is 0 Å². The van der Waals surface area contributed by atoms with Crippen LogP contribution in [0.3, 0.4) is 0 Å². The lowest BCUT2D eigenvalue weighted by Crippen LogP contribution is -2.11. The Labute approximate surface area is 164 Å². The molecular weight excluding hydrogens is 356 g/mol. The number of imidazole rings is 1. The van der Waals surface area contributed by atoms with Crippen LogP contribution in [0.25, 0.3) is 10.9 Å². The molecule has 0 fully saturated rings. The zero-order valence-electron chi connectivity index (χ0n) is 16.4. The smallest absolute Gasteiger partial charge is 0.268 e. The summed E-state index contributed by atoms with van der Waals surface area (Å²) < 4.78 is 5.71. The molecule has 0 bridgehead atoms. The first-order chi connectivity index (χ1) is 13.5. The predicted molar refractivity (Wildman–Crippen MR) is 108 cm³/mol. The molecule has 0 saturated carbocycles. The Kier molecular flexibility index (Phi) is 6.49. The number of hydrogen-bond acceptors (Lipinski definition) is 4. The van der Waals surface area contributed by atoms with E-state index in [0.29, 0.717) is 18.9 Å². The third-order valence-corrected chi connectivity index (χ3v) is 4.94. The average Bonchev–Trinajstić information content (AvgIpc) is 3.32. The molecule has 28 heavy (non-hydrogen) atoms. The molecule has 0 aliphatic rings. The van der Waals surface area contributed by atoms with E-state index in [1.807, 2.05) is 25.3 Å². The lowest BCUT2D eigenvalue weighted by Gasteiger charge is -2.15. The van der Waals surface area contributed by atoms with Gasteiger partial charge in [-0.1, -0.05) is 26.3 Å². The van der Waals surface area contributed by atoms with Crippen molar-refractivity contribution >= 4 is 16.8 Å². The van der Waals surface area contributed by atoms with Crippen molar-refractivity contribution in [2.75, 3.05) is 6.61 Å². The molecule has 2 heterocycles. The fourth-order valence-corrected chi connectivity index (χ4v) is 3.28. The summed E-state index contributed by atoms with van der Waals surface area (Å²) in [6.45, 7) is 5.41. The van der Waals surface area contributed by atoms with Gasteiger partial charge in [0.2, 0.25) is 0 Å². The van der Waals surface area contributed by atoms with E-state index >= 15 is 0 Å². The number of carbonyl (C=O) groups is 1. The molecule has 1 unspecified atom stereocenters. The van der Waals surface area contributed by atoms with Crippen LogP contribution < -0.4 is 5.73 Å². The maximum Gasteiger partial charge on any atom is 0.268 e. The molecule has 3 rings (SSSR count). The fraction of sp³-hybridized carbons (Fsp3) is 0.429. The molecule has 3 aromatic rings. The number of nitrogens with zero attached hydrogens (tertiary/aromatic N) is 1. The van der Waals surface area contributed by atoms with Crippen molar-refractivity contribution in [2.45, 2.75) is 51.7 Å². The molecule has 7 heteroatoms. The number of rotatable bonds is 10. The number of amides is 1. The van der Waals surface area contributed by atoms with Crippen LogP contribution in [0.5, 0.6) is 0 Å². The van der Waals surface area contributed by atoms with Gasteiger partial charge in [0.05, 0.1) is 12.7 Å². The number of ether oxygens (including phenoxy) is 1. The first-order valence-electron chi connectivity index (χ1n) is 9.70. The van der Waals surface area contributed by atoms with E-state index in [1.165, 1.54) is 6.20 Å². The molecule has 150 valence electrons. The summed E-state index contributed by atoms with van der Waals surface area (Å²) in [7, 11) is 0. The summed E-state index contributed by atoms with van der Waals surface area (Å²) in [4.78, 5) is 21.6. The lowest BCUT2D eigenvalue weighted by atomic mass is 9.97. The molecule has 0 spiro atoms. The largest absolute Gasteiger partial charge is 0.388 e. The van der Waals surface area contributed by atoms with Gasteiger partial charge in [0.1, 0.15) is 11.5 Å². The molecule has 1 amide bonds. The highest BCUT2D eigenvalue weighted by Crippen LogP contribution is 2.31. The van der Waals surface area contributed by atoms with Gasteiger partial charge in [0, 0.05) is 41.4 Å². The Balaban J connectivity index is 1.71. The normalized spacial score (nSPS) is 13.7. The molecule has 0 saturated heterocycles. The van der Waals surface area contributed by atoms with E-state index in [2.05, 4.69) is 27.9 Å². The summed E-state index contributed by atoms with van der Waals surface area (Å²) in [5.74, 6) is 0.00637. The number of aliphatic hydroxyl groups excluding tert-OH is 1. The summed E-state index contributed by atoms with van der Waals surface area (Å²) in [5, 5.41) is 11.8. The van der Waals surface area contributed by atoms with Crippen molar-refractivity contribution in [3.63, 3.8) is 0 Å². The van der Waals surface area contributed by atoms with E-state index in [0.717, 1.165) is 41.5 Å². The second-order valence-corrected chi connectivity index (χ2v) is 7.22. The van der Waals surface area contributed by atoms with Gasteiger partial charge in [-0.15, -0.1) is 0 Å². The standard InChI is InChI=1S/C21H28N4O3/c1-3-4-7-28-12-14-5-6-17-15(9-14)16(10-23-17)19(26)8-13(2)21-24-11-18(25-21)20(22)27/h5-6,9-11,13,19,23,26H,3-4,7-8,12H2,1-2H3,(H2,22,27)(H,24,25)/t13?,19-/m1/s1. The van der Waals surface area contributed by atoms with Crippen LogP contribution in [-0.4, -0.2) is 32.6 Å². The number of primary amides is 1. The molecule has 0 aliphatic heterocycles. The van der Waals surface area contributed by atoms with Crippen molar-refractivity contribution in [1.29, 1.82) is 0 Å². The highest BCUT2D eigenvalue weighted by atomic mass is 16.5. The van der Waals surface area contributed by atoms with Crippen LogP contribution in [0.4, 0.5) is 0 Å². The third-order valence-electron chi connectivity index (χ3n) is 4.94. The summed E-state index contributed by atoms with van der Waals surface area (Å²) in [6, 6.07) is 6.12. The average molecular weight is 384 g/mol. The number of benzene rings is 1. The highest BCUT2D eigenvalue weighted by Gasteiger charge is 2.20. The van der Waals surface area contributed by atoms with Crippen LogP contribution in [0.15, 0.2) is 30.6 Å². The number of aromatic amines is 2. The van der Waals surface area contributed by atoms with Crippen molar-refractivity contribution in [1.82, 2.24) is 15.0 Å². The van der Waals surface area contributed by atoms with Crippen molar-refractivity contribution in [3.8, 4) is 0 Å². The van der Waals surface area contributed by atoms with Crippen LogP contribution in [0.2, 0.25) is 0 Å². The maximum absolute atomic E-state index is 11.2. The third kappa shape index (κ3) is 4.61. The summed E-state index contributed by atoms with van der Waals surface area (Å²) >= 11 is 0. The number of nitrogens with one attached hydrogen (secondary N) is 2. The van der Waals surface area contributed by atoms with E-state index < -0.39 is 12.0 Å². The summed E-state index contributed by atoms with van der Waals surface area (Å²) in [6.07, 6.45) is 5.32. The first kappa shape index (κ1) is 20.1. The number of aromatic nitrogens is 3. The van der Waals surface area contributed by atoms with E-state index in [-0.39, 0.29) is 11.6 Å². The number of hydrogen-bond donors (Lipinski definition) is 4. The van der Waals surface area contributed by atoms with Crippen molar-refractivity contribution in [2.24, 2.45) is 5.73 Å². The summed E-state index contributed by atoms with van der Waals surface area (Å²) in [5.41, 5.74) is 8.36. The monoisotopic (exact) mass is 384 g/mol. The van der Waals surface area contributed by atoms with Gasteiger partial charge in [-0.3, -0.25) is 4.79 Å². The number of aliphatic hydroxyl groups is 1. The minimum Gasteiger partial charge on any atom is -0.388 e. The Morgan fingerprint density at radius 1 is 1.32 bits per heavy atom. The van der Waals surface area contributed by atoms with Crippen LogP contribution in [0.1, 0.15) is 72.6 Å². The van der Waals surface area contributed by atoms with Crippen molar-refractivity contribution < 1.29 is 14.6 Å². The number of H-pyrrole nitrogens is 2. The lowest BCUT2D eigenvalue weighted by molar-refractivity contribution is 0.0996. The van der Waals surface area contributed by atoms with Gasteiger partial charge in [0.25, 0.3) is 5.91 Å². The molecule has 0 aliphatic carbocycles. The van der Waals surface area contributed by atoms with Crippen LogP contribution in [-0.2, 0) is 11.3 Å². The Morgan fingerprint density at radius 2 is 2.14 bits per heavy atom. The number of fused-ring (bicyclic) bond motifs is 1. The van der Waals surface area contributed by atoms with Gasteiger partial charge in [-0.05, 0) is 30.5 Å². The van der Waals surface area contributed by atoms with Crippen LogP contribution >= 0.6 is 0 Å². The minimum atomic E-state index is -0.665. The zero-order valence-corrected chi connectivity index (χ0v) is 16.4. The van der Waals surface area contributed by atoms with Gasteiger partial charge < -0.3 is 25.5 Å². The van der Waals surface area contributed by atoms with Gasteiger partial charge in [0.15, 0.2) is 0 Å². The molecule has 2 aromatic heterocycles. The first-order valence-corrected chi connectivity index (χ1v) is 9.70. The predicted octanol–water partition coefficient (Wildman–Crippen LogP) is 3.53. The quantitative estimate of drug-likeness (QED) is 0.400. The molecular formula is C21H28N4O3. The second kappa shape index (κ2) is 9.03. The number of unbranched alkanes of at least 4 members (excludes halogenated alkanes) is 1. The molecule has 5 N–H and O–H groups in total.